The third-order valence-corrected chi connectivity index (χ3v) is 4.55. The first-order valence-electron chi connectivity index (χ1n) is 8.33. The fraction of sp³-hybridized carbons (Fsp3) is 0.333. The van der Waals surface area contributed by atoms with Gasteiger partial charge in [-0.1, -0.05) is 35.0 Å². The van der Waals surface area contributed by atoms with E-state index in [-0.39, 0.29) is 17.7 Å². The summed E-state index contributed by atoms with van der Waals surface area (Å²) < 4.78 is 7.29. The van der Waals surface area contributed by atoms with Gasteiger partial charge in [0.25, 0.3) is 5.91 Å². The number of aromatic nitrogens is 4. The second-order valence-electron chi connectivity index (χ2n) is 6.43. The third kappa shape index (κ3) is 3.05. The molecule has 0 aliphatic carbocycles. The Labute approximate surface area is 145 Å². The molecule has 0 saturated carbocycles. The number of rotatable bonds is 3. The van der Waals surface area contributed by atoms with E-state index in [4.69, 9.17) is 4.52 Å². The van der Waals surface area contributed by atoms with Crippen LogP contribution in [0.25, 0.3) is 11.3 Å². The summed E-state index contributed by atoms with van der Waals surface area (Å²) in [7, 11) is 0. The number of aryl methyl sites for hydroxylation is 3. The Kier molecular flexibility index (Phi) is 3.83. The van der Waals surface area contributed by atoms with Crippen LogP contribution in [-0.2, 0) is 13.0 Å². The highest BCUT2D eigenvalue weighted by atomic mass is 16.5. The summed E-state index contributed by atoms with van der Waals surface area (Å²) in [5.74, 6) is 1.83. The predicted octanol–water partition coefficient (Wildman–Crippen LogP) is 2.29. The van der Waals surface area contributed by atoms with Crippen LogP contribution in [0.2, 0.25) is 0 Å². The van der Waals surface area contributed by atoms with E-state index in [0.29, 0.717) is 12.2 Å². The van der Waals surface area contributed by atoms with Crippen molar-refractivity contribution in [3.63, 3.8) is 0 Å². The minimum Gasteiger partial charge on any atom is -0.350 e. The molecule has 0 saturated heterocycles. The third-order valence-electron chi connectivity index (χ3n) is 4.55. The maximum atomic E-state index is 12.5. The molecule has 2 aromatic heterocycles. The SMILES string of the molecule is Cc1ccc(-c2cc(C(=O)N[C@H]3CCc4nnc(C)n4C3)on2)cc1. The molecule has 0 unspecified atom stereocenters. The topological polar surface area (TPSA) is 85.8 Å². The first kappa shape index (κ1) is 15.6. The summed E-state index contributed by atoms with van der Waals surface area (Å²) in [5, 5.41) is 15.3. The Balaban J connectivity index is 1.45. The molecule has 3 heterocycles. The van der Waals surface area contributed by atoms with Gasteiger partial charge in [-0.3, -0.25) is 4.79 Å². The highest BCUT2D eigenvalue weighted by Gasteiger charge is 2.24. The summed E-state index contributed by atoms with van der Waals surface area (Å²) in [5.41, 5.74) is 2.76. The fourth-order valence-corrected chi connectivity index (χ4v) is 3.08. The van der Waals surface area contributed by atoms with E-state index in [2.05, 4.69) is 20.7 Å². The van der Waals surface area contributed by atoms with Crippen LogP contribution in [0.1, 0.15) is 34.2 Å². The van der Waals surface area contributed by atoms with Gasteiger partial charge in [-0.25, -0.2) is 0 Å². The van der Waals surface area contributed by atoms with E-state index >= 15 is 0 Å². The maximum Gasteiger partial charge on any atom is 0.290 e. The van der Waals surface area contributed by atoms with Gasteiger partial charge in [-0.05, 0) is 20.3 Å². The van der Waals surface area contributed by atoms with Crippen LogP contribution < -0.4 is 5.32 Å². The second kappa shape index (κ2) is 6.16. The standard InChI is InChI=1S/C18H19N5O2/c1-11-3-5-13(6-4-11)15-9-16(25-22-15)18(24)19-14-7-8-17-21-20-12(2)23(17)10-14/h3-6,9,14H,7-8,10H2,1-2H3,(H,19,24)/t14-/m0/s1. The van der Waals surface area contributed by atoms with Crippen molar-refractivity contribution in [2.45, 2.75) is 39.3 Å². The quantitative estimate of drug-likeness (QED) is 0.792. The molecule has 1 atom stereocenters. The van der Waals surface area contributed by atoms with Crippen molar-refractivity contribution < 1.29 is 9.32 Å². The summed E-state index contributed by atoms with van der Waals surface area (Å²) >= 11 is 0. The number of carbonyl (C=O) groups excluding carboxylic acids is 1. The molecule has 0 fully saturated rings. The second-order valence-corrected chi connectivity index (χ2v) is 6.43. The monoisotopic (exact) mass is 337 g/mol. The molecule has 128 valence electrons. The molecule has 7 nitrogen and oxygen atoms in total. The van der Waals surface area contributed by atoms with Crippen molar-refractivity contribution in [1.29, 1.82) is 0 Å². The van der Waals surface area contributed by atoms with Crippen LogP contribution in [0.5, 0.6) is 0 Å². The van der Waals surface area contributed by atoms with Crippen LogP contribution in [-0.4, -0.2) is 31.9 Å². The molecule has 0 radical (unpaired) electrons. The number of benzene rings is 1. The highest BCUT2D eigenvalue weighted by molar-refractivity contribution is 5.92. The zero-order chi connectivity index (χ0) is 17.4. The minimum atomic E-state index is -0.245. The zero-order valence-corrected chi connectivity index (χ0v) is 14.2. The normalized spacial score (nSPS) is 16.5. The van der Waals surface area contributed by atoms with E-state index in [1.54, 1.807) is 6.07 Å². The van der Waals surface area contributed by atoms with Crippen molar-refractivity contribution in [3.8, 4) is 11.3 Å². The Hall–Kier alpha value is -2.96. The molecule has 0 spiro atoms. The molecule has 1 amide bonds. The van der Waals surface area contributed by atoms with Crippen LogP contribution in [0.15, 0.2) is 34.9 Å². The first-order valence-corrected chi connectivity index (χ1v) is 8.33. The van der Waals surface area contributed by atoms with E-state index in [1.165, 1.54) is 5.56 Å². The molecule has 4 rings (SSSR count). The lowest BCUT2D eigenvalue weighted by Gasteiger charge is -2.24. The van der Waals surface area contributed by atoms with Gasteiger partial charge in [0.05, 0.1) is 0 Å². The molecule has 1 aliphatic heterocycles. The van der Waals surface area contributed by atoms with Gasteiger partial charge in [0.15, 0.2) is 0 Å². The maximum absolute atomic E-state index is 12.5. The lowest BCUT2D eigenvalue weighted by molar-refractivity contribution is 0.0890. The number of nitrogens with one attached hydrogen (secondary N) is 1. The largest absolute Gasteiger partial charge is 0.350 e. The molecule has 25 heavy (non-hydrogen) atoms. The van der Waals surface area contributed by atoms with Gasteiger partial charge < -0.3 is 14.4 Å². The van der Waals surface area contributed by atoms with E-state index < -0.39 is 0 Å². The predicted molar refractivity (Wildman–Crippen MR) is 91.0 cm³/mol. The van der Waals surface area contributed by atoms with E-state index in [9.17, 15) is 4.79 Å². The zero-order valence-electron chi connectivity index (χ0n) is 14.2. The molecule has 7 heteroatoms. The molecule has 0 bridgehead atoms. The number of fused-ring (bicyclic) bond motifs is 1. The number of hydrogen-bond donors (Lipinski definition) is 1. The van der Waals surface area contributed by atoms with Crippen molar-refractivity contribution >= 4 is 5.91 Å². The van der Waals surface area contributed by atoms with Crippen LogP contribution in [0.3, 0.4) is 0 Å². The smallest absolute Gasteiger partial charge is 0.290 e. The summed E-state index contributed by atoms with van der Waals surface area (Å²) in [4.78, 5) is 12.5. The average molecular weight is 337 g/mol. The molecular formula is C18H19N5O2. The fourth-order valence-electron chi connectivity index (χ4n) is 3.08. The summed E-state index contributed by atoms with van der Waals surface area (Å²) in [6, 6.07) is 9.65. The van der Waals surface area contributed by atoms with E-state index in [1.807, 2.05) is 42.7 Å². The number of carbonyl (C=O) groups is 1. The molecule has 3 aromatic rings. The molecule has 1 N–H and O–H groups in total. The average Bonchev–Trinajstić information content (AvgIpc) is 3.24. The van der Waals surface area contributed by atoms with Crippen LogP contribution in [0.4, 0.5) is 0 Å². The summed E-state index contributed by atoms with van der Waals surface area (Å²) in [6.07, 6.45) is 1.64. The molecular weight excluding hydrogens is 318 g/mol. The van der Waals surface area contributed by atoms with Gasteiger partial charge in [0.2, 0.25) is 5.76 Å². The van der Waals surface area contributed by atoms with Gasteiger partial charge >= 0.3 is 0 Å². The molecule has 1 aliphatic rings. The highest BCUT2D eigenvalue weighted by Crippen LogP contribution is 2.20. The van der Waals surface area contributed by atoms with Crippen molar-refractivity contribution in [3.05, 3.63) is 53.3 Å². The summed E-state index contributed by atoms with van der Waals surface area (Å²) in [6.45, 7) is 4.63. The Bertz CT molecular complexity index is 910. The Morgan fingerprint density at radius 3 is 2.84 bits per heavy atom. The van der Waals surface area contributed by atoms with E-state index in [0.717, 1.165) is 30.1 Å². The van der Waals surface area contributed by atoms with Gasteiger partial charge in [0.1, 0.15) is 17.3 Å². The van der Waals surface area contributed by atoms with Crippen molar-refractivity contribution in [1.82, 2.24) is 25.2 Å². The number of hydrogen-bond acceptors (Lipinski definition) is 5. The van der Waals surface area contributed by atoms with Crippen LogP contribution in [0, 0.1) is 13.8 Å². The van der Waals surface area contributed by atoms with Crippen molar-refractivity contribution in [2.24, 2.45) is 0 Å². The van der Waals surface area contributed by atoms with Crippen LogP contribution >= 0.6 is 0 Å². The van der Waals surface area contributed by atoms with Crippen molar-refractivity contribution in [2.75, 3.05) is 0 Å². The van der Waals surface area contributed by atoms with Gasteiger partial charge in [-0.2, -0.15) is 0 Å². The number of nitrogens with zero attached hydrogens (tertiary/aromatic N) is 4. The number of amides is 1. The lowest BCUT2D eigenvalue weighted by Crippen LogP contribution is -2.41. The molecule has 1 aromatic carbocycles. The first-order chi connectivity index (χ1) is 12.1. The lowest BCUT2D eigenvalue weighted by atomic mass is 10.1. The van der Waals surface area contributed by atoms with Gasteiger partial charge in [0, 0.05) is 30.6 Å². The Morgan fingerprint density at radius 2 is 2.04 bits per heavy atom. The minimum absolute atomic E-state index is 0.0302. The van der Waals surface area contributed by atoms with Gasteiger partial charge in [-0.15, -0.1) is 10.2 Å². The Morgan fingerprint density at radius 1 is 1.24 bits per heavy atom.